The third-order valence-electron chi connectivity index (χ3n) is 4.84. The van der Waals surface area contributed by atoms with E-state index in [1.54, 1.807) is 23.1 Å². The molecule has 0 saturated carbocycles. The summed E-state index contributed by atoms with van der Waals surface area (Å²) in [5, 5.41) is 3.01. The number of sulfonamides is 1. The fourth-order valence-electron chi connectivity index (χ4n) is 3.52. The van der Waals surface area contributed by atoms with E-state index in [9.17, 15) is 13.2 Å². The summed E-state index contributed by atoms with van der Waals surface area (Å²) in [7, 11) is -3.72. The van der Waals surface area contributed by atoms with Crippen molar-refractivity contribution >= 4 is 37.5 Å². The first-order valence-electron chi connectivity index (χ1n) is 8.30. The van der Waals surface area contributed by atoms with Crippen LogP contribution in [0.5, 0.6) is 0 Å². The average Bonchev–Trinajstić information content (AvgIpc) is 2.60. The number of aryl methyl sites for hydroxylation is 1. The second-order valence-corrected chi connectivity index (χ2v) is 9.16. The van der Waals surface area contributed by atoms with Gasteiger partial charge >= 0.3 is 0 Å². The first-order chi connectivity index (χ1) is 12.3. The predicted octanol–water partition coefficient (Wildman–Crippen LogP) is 2.37. The number of benzene rings is 2. The standard InChI is InChI=1S/C18H18BrN3O3S/c1-11-8-13(19)9-12-6-7-22(10-14(11)12)18(23)17-20-15-4-2-3-5-16(15)26(24,25)21-17/h2-5,8-9,17,20-21H,6-7,10H2,1H3. The maximum absolute atomic E-state index is 13.0. The molecule has 4 rings (SSSR count). The van der Waals surface area contributed by atoms with Gasteiger partial charge in [0, 0.05) is 17.6 Å². The minimum Gasteiger partial charge on any atom is -0.360 e. The Balaban J connectivity index is 1.60. The molecule has 6 nitrogen and oxygen atoms in total. The Hall–Kier alpha value is -1.90. The number of anilines is 1. The van der Waals surface area contributed by atoms with Gasteiger partial charge in [0.2, 0.25) is 10.0 Å². The molecule has 0 fully saturated rings. The van der Waals surface area contributed by atoms with Crippen molar-refractivity contribution in [2.24, 2.45) is 0 Å². The third kappa shape index (κ3) is 3.02. The molecule has 0 spiro atoms. The zero-order chi connectivity index (χ0) is 18.5. The summed E-state index contributed by atoms with van der Waals surface area (Å²) >= 11 is 3.51. The number of nitrogens with zero attached hydrogens (tertiary/aromatic N) is 1. The van der Waals surface area contributed by atoms with E-state index in [0.717, 1.165) is 22.0 Å². The van der Waals surface area contributed by atoms with Crippen LogP contribution < -0.4 is 10.0 Å². The van der Waals surface area contributed by atoms with Crippen LogP contribution in [0.15, 0.2) is 45.8 Å². The molecule has 1 amide bonds. The van der Waals surface area contributed by atoms with Crippen LogP contribution in [0.2, 0.25) is 0 Å². The van der Waals surface area contributed by atoms with Crippen LogP contribution in [0.1, 0.15) is 16.7 Å². The van der Waals surface area contributed by atoms with E-state index in [4.69, 9.17) is 0 Å². The Kier molecular flexibility index (Phi) is 4.29. The second kappa shape index (κ2) is 6.37. The molecule has 0 radical (unpaired) electrons. The summed E-state index contributed by atoms with van der Waals surface area (Å²) in [6.07, 6.45) is -0.246. The molecule has 1 unspecified atom stereocenters. The van der Waals surface area contributed by atoms with Crippen LogP contribution >= 0.6 is 15.9 Å². The van der Waals surface area contributed by atoms with Crippen molar-refractivity contribution in [3.05, 3.63) is 57.6 Å². The van der Waals surface area contributed by atoms with Crippen molar-refractivity contribution in [3.8, 4) is 0 Å². The number of amides is 1. The maximum Gasteiger partial charge on any atom is 0.261 e. The highest BCUT2D eigenvalue weighted by molar-refractivity contribution is 9.10. The van der Waals surface area contributed by atoms with E-state index in [2.05, 4.69) is 32.0 Å². The molecule has 0 bridgehead atoms. The number of hydrogen-bond acceptors (Lipinski definition) is 4. The van der Waals surface area contributed by atoms with Crippen molar-refractivity contribution < 1.29 is 13.2 Å². The molecule has 2 heterocycles. The van der Waals surface area contributed by atoms with Gasteiger partial charge in [0.1, 0.15) is 4.90 Å². The smallest absolute Gasteiger partial charge is 0.261 e. The number of hydrogen-bond donors (Lipinski definition) is 2. The number of rotatable bonds is 1. The van der Waals surface area contributed by atoms with Crippen LogP contribution in [0.3, 0.4) is 0 Å². The normalized spacial score (nSPS) is 20.7. The number of nitrogens with one attached hydrogen (secondary N) is 2. The van der Waals surface area contributed by atoms with Crippen LogP contribution in [0.25, 0.3) is 0 Å². The van der Waals surface area contributed by atoms with Gasteiger partial charge in [-0.2, -0.15) is 4.72 Å². The summed E-state index contributed by atoms with van der Waals surface area (Å²) in [6, 6.07) is 10.7. The number of halogens is 1. The molecule has 0 saturated heterocycles. The highest BCUT2D eigenvalue weighted by atomic mass is 79.9. The molecule has 2 N–H and O–H groups in total. The maximum atomic E-state index is 13.0. The predicted molar refractivity (Wildman–Crippen MR) is 102 cm³/mol. The molecule has 1 atom stereocenters. The molecular formula is C18H18BrN3O3S. The molecule has 2 aromatic rings. The van der Waals surface area contributed by atoms with E-state index >= 15 is 0 Å². The lowest BCUT2D eigenvalue weighted by molar-refractivity contribution is -0.133. The van der Waals surface area contributed by atoms with Gasteiger partial charge in [-0.15, -0.1) is 0 Å². The van der Waals surface area contributed by atoms with Crippen LogP contribution in [0.4, 0.5) is 5.69 Å². The largest absolute Gasteiger partial charge is 0.360 e. The number of para-hydroxylation sites is 1. The Morgan fingerprint density at radius 3 is 2.85 bits per heavy atom. The molecule has 0 aromatic heterocycles. The van der Waals surface area contributed by atoms with Gasteiger partial charge in [-0.25, -0.2) is 8.42 Å². The Labute approximate surface area is 160 Å². The van der Waals surface area contributed by atoms with Crippen LogP contribution in [0, 0.1) is 6.92 Å². The van der Waals surface area contributed by atoms with E-state index in [-0.39, 0.29) is 10.8 Å². The van der Waals surface area contributed by atoms with Gasteiger partial charge in [-0.05, 0) is 54.3 Å². The second-order valence-electron chi connectivity index (χ2n) is 6.56. The summed E-state index contributed by atoms with van der Waals surface area (Å²) in [5.74, 6) is -0.268. The Morgan fingerprint density at radius 1 is 1.27 bits per heavy atom. The van der Waals surface area contributed by atoms with Crippen molar-refractivity contribution in [1.82, 2.24) is 9.62 Å². The highest BCUT2D eigenvalue weighted by Crippen LogP contribution is 2.29. The van der Waals surface area contributed by atoms with Crippen molar-refractivity contribution in [2.75, 3.05) is 11.9 Å². The molecular weight excluding hydrogens is 418 g/mol. The zero-order valence-corrected chi connectivity index (χ0v) is 16.5. The van der Waals surface area contributed by atoms with Crippen LogP contribution in [-0.4, -0.2) is 31.9 Å². The van der Waals surface area contributed by atoms with Gasteiger partial charge in [-0.3, -0.25) is 4.79 Å². The minimum atomic E-state index is -3.72. The monoisotopic (exact) mass is 435 g/mol. The van der Waals surface area contributed by atoms with Gasteiger partial charge in [0.25, 0.3) is 5.91 Å². The lowest BCUT2D eigenvalue weighted by Gasteiger charge is -2.35. The Morgan fingerprint density at radius 2 is 2.04 bits per heavy atom. The summed E-state index contributed by atoms with van der Waals surface area (Å²) in [5.41, 5.74) is 3.92. The average molecular weight is 436 g/mol. The van der Waals surface area contributed by atoms with Crippen molar-refractivity contribution in [2.45, 2.75) is 31.0 Å². The van der Waals surface area contributed by atoms with E-state index < -0.39 is 16.2 Å². The van der Waals surface area contributed by atoms with Gasteiger partial charge < -0.3 is 10.2 Å². The molecule has 2 aromatic carbocycles. The molecule has 136 valence electrons. The number of fused-ring (bicyclic) bond motifs is 2. The van der Waals surface area contributed by atoms with Gasteiger partial charge in [-0.1, -0.05) is 28.1 Å². The topological polar surface area (TPSA) is 78.5 Å². The molecule has 2 aliphatic rings. The van der Waals surface area contributed by atoms with Crippen molar-refractivity contribution in [3.63, 3.8) is 0 Å². The third-order valence-corrected chi connectivity index (χ3v) is 6.78. The van der Waals surface area contributed by atoms with Gasteiger partial charge in [0.05, 0.1) is 5.69 Å². The molecule has 8 heteroatoms. The highest BCUT2D eigenvalue weighted by Gasteiger charge is 2.36. The quantitative estimate of drug-likeness (QED) is 0.720. The van der Waals surface area contributed by atoms with Crippen molar-refractivity contribution in [1.29, 1.82) is 0 Å². The molecule has 26 heavy (non-hydrogen) atoms. The van der Waals surface area contributed by atoms with E-state index in [1.807, 2.05) is 13.0 Å². The van der Waals surface area contributed by atoms with Gasteiger partial charge in [0.15, 0.2) is 6.17 Å². The van der Waals surface area contributed by atoms with E-state index in [1.165, 1.54) is 11.6 Å². The summed E-state index contributed by atoms with van der Waals surface area (Å²) in [4.78, 5) is 14.8. The molecule has 0 aliphatic carbocycles. The minimum absolute atomic E-state index is 0.161. The number of carbonyl (C=O) groups is 1. The number of carbonyl (C=O) groups excluding carboxylic acids is 1. The Bertz CT molecular complexity index is 1010. The fourth-order valence-corrected chi connectivity index (χ4v) is 5.41. The fraction of sp³-hybridized carbons (Fsp3) is 0.278. The first kappa shape index (κ1) is 17.5. The zero-order valence-electron chi connectivity index (χ0n) is 14.1. The lowest BCUT2D eigenvalue weighted by atomic mass is 9.95. The SMILES string of the molecule is Cc1cc(Br)cc2c1CN(C(=O)C1Nc3ccccc3S(=O)(=O)N1)CC2. The first-order valence-corrected chi connectivity index (χ1v) is 10.6. The molecule has 2 aliphatic heterocycles. The summed E-state index contributed by atoms with van der Waals surface area (Å²) in [6.45, 7) is 3.06. The lowest BCUT2D eigenvalue weighted by Crippen LogP contribution is -2.55. The summed E-state index contributed by atoms with van der Waals surface area (Å²) < 4.78 is 28.4. The van der Waals surface area contributed by atoms with E-state index in [0.29, 0.717) is 18.8 Å². The van der Waals surface area contributed by atoms with Crippen LogP contribution in [-0.2, 0) is 27.8 Å².